The van der Waals surface area contributed by atoms with Crippen molar-refractivity contribution in [3.8, 4) is 10.6 Å². The average molecular weight is 266 g/mol. The summed E-state index contributed by atoms with van der Waals surface area (Å²) in [6.45, 7) is 2.02. The van der Waals surface area contributed by atoms with Crippen LogP contribution in [-0.4, -0.2) is 9.19 Å². The highest BCUT2D eigenvalue weighted by Gasteiger charge is 2.07. The fourth-order valence-electron chi connectivity index (χ4n) is 1.35. The fourth-order valence-corrected chi connectivity index (χ4v) is 2.74. The molecule has 0 bridgehead atoms. The van der Waals surface area contributed by atoms with Gasteiger partial charge in [-0.25, -0.2) is 9.19 Å². The van der Waals surface area contributed by atoms with Gasteiger partial charge >= 0.3 is 0 Å². The van der Waals surface area contributed by atoms with E-state index in [4.69, 9.17) is 0 Å². The Morgan fingerprint density at radius 1 is 1.35 bits per heavy atom. The lowest BCUT2D eigenvalue weighted by molar-refractivity contribution is 0.683. The SMILES string of the molecule is Cc1ccc(-c2nc(CS(=O)N=O)cs2)cc1. The summed E-state index contributed by atoms with van der Waals surface area (Å²) in [6, 6.07) is 8.02. The first-order valence-electron chi connectivity index (χ1n) is 4.92. The molecule has 6 heteroatoms. The van der Waals surface area contributed by atoms with Crippen molar-refractivity contribution in [1.29, 1.82) is 0 Å². The monoisotopic (exact) mass is 266 g/mol. The van der Waals surface area contributed by atoms with Crippen LogP contribution in [0.2, 0.25) is 0 Å². The second-order valence-electron chi connectivity index (χ2n) is 3.55. The first-order chi connectivity index (χ1) is 8.19. The first kappa shape index (κ1) is 12.1. The van der Waals surface area contributed by atoms with Gasteiger partial charge in [0.05, 0.1) is 11.4 Å². The second-order valence-corrected chi connectivity index (χ2v) is 5.49. The molecule has 0 amide bonds. The molecule has 0 fully saturated rings. The number of hydrogen-bond acceptors (Lipinski definition) is 4. The van der Waals surface area contributed by atoms with Crippen LogP contribution in [0, 0.1) is 11.8 Å². The molecule has 1 unspecified atom stereocenters. The lowest BCUT2D eigenvalue weighted by Gasteiger charge is -1.96. The normalized spacial score (nSPS) is 12.3. The molecule has 0 spiro atoms. The Hall–Kier alpha value is -1.40. The van der Waals surface area contributed by atoms with Crippen LogP contribution in [0.4, 0.5) is 0 Å². The Bertz CT molecular complexity index is 549. The minimum absolute atomic E-state index is 0.0891. The first-order valence-corrected chi connectivity index (χ1v) is 7.08. The lowest BCUT2D eigenvalue weighted by Crippen LogP contribution is -1.91. The summed E-state index contributed by atoms with van der Waals surface area (Å²) >= 11 is 1.47. The smallest absolute Gasteiger partial charge is 0.186 e. The van der Waals surface area contributed by atoms with Crippen molar-refractivity contribution in [3.63, 3.8) is 0 Å². The third-order valence-electron chi connectivity index (χ3n) is 2.20. The summed E-state index contributed by atoms with van der Waals surface area (Å²) in [5, 5.41) is 2.67. The van der Waals surface area contributed by atoms with Crippen LogP contribution in [0.15, 0.2) is 34.2 Å². The van der Waals surface area contributed by atoms with Crippen molar-refractivity contribution in [2.24, 2.45) is 4.58 Å². The Morgan fingerprint density at radius 3 is 2.71 bits per heavy atom. The molecule has 2 rings (SSSR count). The van der Waals surface area contributed by atoms with Crippen molar-refractivity contribution in [3.05, 3.63) is 45.8 Å². The van der Waals surface area contributed by atoms with Crippen molar-refractivity contribution < 1.29 is 4.21 Å². The van der Waals surface area contributed by atoms with Crippen LogP contribution in [-0.2, 0) is 16.7 Å². The van der Waals surface area contributed by atoms with Crippen LogP contribution in [0.1, 0.15) is 11.3 Å². The molecule has 4 nitrogen and oxygen atoms in total. The number of thiazole rings is 1. The van der Waals surface area contributed by atoms with Gasteiger partial charge in [0.1, 0.15) is 5.01 Å². The van der Waals surface area contributed by atoms with Gasteiger partial charge in [0.25, 0.3) is 0 Å². The van der Waals surface area contributed by atoms with Gasteiger partial charge in [0.2, 0.25) is 0 Å². The number of aromatic nitrogens is 1. The van der Waals surface area contributed by atoms with Crippen molar-refractivity contribution >= 4 is 22.3 Å². The second kappa shape index (κ2) is 5.29. The molecule has 1 atom stereocenters. The van der Waals surface area contributed by atoms with Gasteiger partial charge in [0, 0.05) is 15.5 Å². The molecule has 0 aliphatic heterocycles. The van der Waals surface area contributed by atoms with Crippen molar-refractivity contribution in [2.75, 3.05) is 0 Å². The number of aryl methyl sites for hydroxylation is 1. The molecular weight excluding hydrogens is 256 g/mol. The summed E-state index contributed by atoms with van der Waals surface area (Å²) in [6.07, 6.45) is 0. The molecule has 0 saturated heterocycles. The van der Waals surface area contributed by atoms with Gasteiger partial charge in [-0.3, -0.25) is 0 Å². The molecule has 2 aromatic rings. The van der Waals surface area contributed by atoms with E-state index >= 15 is 0 Å². The Labute approximate surface area is 105 Å². The predicted molar refractivity (Wildman–Crippen MR) is 69.9 cm³/mol. The highest BCUT2D eigenvalue weighted by atomic mass is 32.2. The fraction of sp³-hybridized carbons (Fsp3) is 0.182. The number of benzene rings is 1. The largest absolute Gasteiger partial charge is 0.240 e. The molecule has 0 N–H and O–H groups in total. The van der Waals surface area contributed by atoms with Crippen LogP contribution in [0.3, 0.4) is 0 Å². The molecule has 17 heavy (non-hydrogen) atoms. The molecular formula is C11H10N2O2S2. The Kier molecular flexibility index (Phi) is 3.75. The molecule has 0 saturated carbocycles. The zero-order valence-electron chi connectivity index (χ0n) is 9.12. The molecule has 0 aliphatic rings. The zero-order valence-corrected chi connectivity index (χ0v) is 10.8. The van der Waals surface area contributed by atoms with Crippen LogP contribution in [0.5, 0.6) is 0 Å². The van der Waals surface area contributed by atoms with Gasteiger partial charge in [-0.1, -0.05) is 29.8 Å². The maximum Gasteiger partial charge on any atom is 0.186 e. The van der Waals surface area contributed by atoms with E-state index in [0.717, 1.165) is 10.6 Å². The van der Waals surface area contributed by atoms with E-state index in [2.05, 4.69) is 9.57 Å². The van der Waals surface area contributed by atoms with Crippen LogP contribution >= 0.6 is 11.3 Å². The predicted octanol–water partition coefficient (Wildman–Crippen LogP) is 3.05. The number of rotatable bonds is 4. The van der Waals surface area contributed by atoms with Gasteiger partial charge < -0.3 is 0 Å². The van der Waals surface area contributed by atoms with E-state index in [1.165, 1.54) is 16.9 Å². The number of hydrogen-bond donors (Lipinski definition) is 0. The Morgan fingerprint density at radius 2 is 2.06 bits per heavy atom. The molecule has 0 radical (unpaired) electrons. The molecule has 1 aromatic heterocycles. The minimum atomic E-state index is -1.71. The average Bonchev–Trinajstić information content (AvgIpc) is 2.78. The summed E-state index contributed by atoms with van der Waals surface area (Å²) in [5.41, 5.74) is 2.86. The number of nitroso groups, excluding NO2 is 1. The highest BCUT2D eigenvalue weighted by Crippen LogP contribution is 2.24. The van der Waals surface area contributed by atoms with E-state index in [0.29, 0.717) is 5.69 Å². The van der Waals surface area contributed by atoms with Crippen molar-refractivity contribution in [2.45, 2.75) is 12.7 Å². The van der Waals surface area contributed by atoms with Crippen molar-refractivity contribution in [1.82, 2.24) is 4.98 Å². The van der Waals surface area contributed by atoms with Crippen LogP contribution in [0.25, 0.3) is 10.6 Å². The molecule has 0 aliphatic carbocycles. The quantitative estimate of drug-likeness (QED) is 0.799. The van der Waals surface area contributed by atoms with Gasteiger partial charge in [0.15, 0.2) is 11.0 Å². The maximum absolute atomic E-state index is 11.0. The van der Waals surface area contributed by atoms with E-state index in [1.54, 1.807) is 5.38 Å². The van der Waals surface area contributed by atoms with E-state index in [-0.39, 0.29) is 5.75 Å². The van der Waals surface area contributed by atoms with Gasteiger partial charge in [-0.15, -0.1) is 16.2 Å². The molecule has 1 heterocycles. The third-order valence-corrected chi connectivity index (χ3v) is 3.85. The van der Waals surface area contributed by atoms with Gasteiger partial charge in [-0.2, -0.15) is 0 Å². The highest BCUT2D eigenvalue weighted by molar-refractivity contribution is 7.82. The summed E-state index contributed by atoms with van der Waals surface area (Å²) < 4.78 is 13.4. The lowest BCUT2D eigenvalue weighted by atomic mass is 10.2. The zero-order chi connectivity index (χ0) is 12.3. The minimum Gasteiger partial charge on any atom is -0.240 e. The molecule has 1 aromatic carbocycles. The Balaban J connectivity index is 2.20. The van der Waals surface area contributed by atoms with E-state index in [9.17, 15) is 9.12 Å². The maximum atomic E-state index is 11.0. The topological polar surface area (TPSA) is 59.4 Å². The third kappa shape index (κ3) is 3.04. The van der Waals surface area contributed by atoms with Gasteiger partial charge in [-0.05, 0) is 6.92 Å². The summed E-state index contributed by atoms with van der Waals surface area (Å²) in [5.74, 6) is 0.0891. The van der Waals surface area contributed by atoms with Crippen LogP contribution < -0.4 is 0 Å². The molecule has 88 valence electrons. The summed E-state index contributed by atoms with van der Waals surface area (Å²) in [4.78, 5) is 14.4. The standard InChI is InChI=1S/C11H10N2O2S2/c1-8-2-4-9(5-3-8)11-12-10(6-16-11)7-17(15)13-14/h2-6H,7H2,1H3. The van der Waals surface area contributed by atoms with E-state index in [1.807, 2.05) is 31.2 Å². The number of nitrogens with zero attached hydrogens (tertiary/aromatic N) is 2. The van der Waals surface area contributed by atoms with E-state index < -0.39 is 11.0 Å². The summed E-state index contributed by atoms with van der Waals surface area (Å²) in [7, 11) is -1.71.